The molecule has 3 N–H and O–H groups in total. The molecular formula is C10H12ClN5. The van der Waals surface area contributed by atoms with Crippen molar-refractivity contribution in [1.29, 1.82) is 0 Å². The number of aromatic nitrogens is 3. The summed E-state index contributed by atoms with van der Waals surface area (Å²) in [6.45, 7) is 0.703. The number of rotatable bonds is 3. The van der Waals surface area contributed by atoms with Crippen molar-refractivity contribution in [2.45, 2.75) is 6.54 Å². The lowest BCUT2D eigenvalue weighted by Gasteiger charge is -2.14. The Morgan fingerprint density at radius 3 is 2.62 bits per heavy atom. The molecule has 0 saturated carbocycles. The summed E-state index contributed by atoms with van der Waals surface area (Å²) < 4.78 is 0. The fraction of sp³-hybridized carbons (Fsp3) is 0.200. The number of hydrogen-bond acceptors (Lipinski definition) is 4. The average molecular weight is 238 g/mol. The van der Waals surface area contributed by atoms with Gasteiger partial charge in [0.15, 0.2) is 0 Å². The number of nitrogens with two attached hydrogens (primary N) is 1. The molecule has 0 fully saturated rings. The highest BCUT2D eigenvalue weighted by molar-refractivity contribution is 6.30. The number of nitrogen functional groups attached to an aromatic ring is 1. The highest BCUT2D eigenvalue weighted by Crippen LogP contribution is 2.13. The van der Waals surface area contributed by atoms with Crippen LogP contribution >= 0.6 is 11.6 Å². The van der Waals surface area contributed by atoms with E-state index in [1.807, 2.05) is 36.2 Å². The van der Waals surface area contributed by atoms with E-state index in [4.69, 9.17) is 17.3 Å². The Hall–Kier alpha value is -1.75. The van der Waals surface area contributed by atoms with Crippen LogP contribution in [0.25, 0.3) is 0 Å². The maximum absolute atomic E-state index is 5.81. The molecule has 0 aliphatic carbocycles. The Morgan fingerprint density at radius 1 is 1.38 bits per heavy atom. The monoisotopic (exact) mass is 237 g/mol. The number of benzene rings is 1. The Kier molecular flexibility index (Phi) is 2.96. The first-order valence-electron chi connectivity index (χ1n) is 4.78. The van der Waals surface area contributed by atoms with Gasteiger partial charge in [0.1, 0.15) is 0 Å². The Balaban J connectivity index is 2.07. The Morgan fingerprint density at radius 2 is 2.06 bits per heavy atom. The molecule has 0 aliphatic rings. The van der Waals surface area contributed by atoms with Crippen molar-refractivity contribution in [3.05, 3.63) is 34.9 Å². The molecule has 2 aromatic rings. The number of halogens is 1. The van der Waals surface area contributed by atoms with Crippen molar-refractivity contribution >= 4 is 23.5 Å². The molecule has 0 radical (unpaired) electrons. The maximum Gasteiger partial charge on any atom is 0.246 e. The average Bonchev–Trinajstić information content (AvgIpc) is 2.68. The van der Waals surface area contributed by atoms with Gasteiger partial charge in [-0.15, -0.1) is 5.10 Å². The lowest BCUT2D eigenvalue weighted by atomic mass is 10.2. The first-order chi connectivity index (χ1) is 7.65. The van der Waals surface area contributed by atoms with Gasteiger partial charge in [-0.2, -0.15) is 4.98 Å². The number of aromatic amines is 1. The largest absolute Gasteiger partial charge is 0.368 e. The maximum atomic E-state index is 5.81. The van der Waals surface area contributed by atoms with E-state index >= 15 is 0 Å². The van der Waals surface area contributed by atoms with E-state index in [1.54, 1.807) is 0 Å². The third kappa shape index (κ3) is 2.43. The number of nitrogens with one attached hydrogen (secondary N) is 1. The minimum absolute atomic E-state index is 0.318. The van der Waals surface area contributed by atoms with E-state index in [0.29, 0.717) is 18.4 Å². The van der Waals surface area contributed by atoms with Crippen LogP contribution in [-0.4, -0.2) is 22.2 Å². The smallest absolute Gasteiger partial charge is 0.246 e. The normalized spacial score (nSPS) is 10.4. The number of hydrogen-bond donors (Lipinski definition) is 2. The van der Waals surface area contributed by atoms with Crippen LogP contribution in [0, 0.1) is 0 Å². The molecule has 84 valence electrons. The summed E-state index contributed by atoms with van der Waals surface area (Å²) in [4.78, 5) is 5.93. The van der Waals surface area contributed by atoms with Crippen LogP contribution in [-0.2, 0) is 6.54 Å². The van der Waals surface area contributed by atoms with Crippen LogP contribution in [0.15, 0.2) is 24.3 Å². The van der Waals surface area contributed by atoms with E-state index in [2.05, 4.69) is 15.2 Å². The van der Waals surface area contributed by atoms with Gasteiger partial charge in [0, 0.05) is 18.6 Å². The number of H-pyrrole nitrogens is 1. The topological polar surface area (TPSA) is 70.8 Å². The highest BCUT2D eigenvalue weighted by atomic mass is 35.5. The molecule has 0 saturated heterocycles. The first-order valence-corrected chi connectivity index (χ1v) is 5.16. The molecule has 5 nitrogen and oxygen atoms in total. The second-order valence-electron chi connectivity index (χ2n) is 3.50. The summed E-state index contributed by atoms with van der Waals surface area (Å²) in [7, 11) is 1.90. The van der Waals surface area contributed by atoms with Gasteiger partial charge in [-0.3, -0.25) is 0 Å². The van der Waals surface area contributed by atoms with E-state index in [9.17, 15) is 0 Å². The molecule has 0 spiro atoms. The van der Waals surface area contributed by atoms with Crippen LogP contribution in [0.4, 0.5) is 11.9 Å². The third-order valence-electron chi connectivity index (χ3n) is 2.17. The Labute approximate surface area is 98.2 Å². The number of nitrogens with zero attached hydrogens (tertiary/aromatic N) is 3. The van der Waals surface area contributed by atoms with Gasteiger partial charge in [0.05, 0.1) is 0 Å². The quantitative estimate of drug-likeness (QED) is 0.852. The van der Waals surface area contributed by atoms with Crippen molar-refractivity contribution in [3.8, 4) is 0 Å². The van der Waals surface area contributed by atoms with Gasteiger partial charge < -0.3 is 10.6 Å². The van der Waals surface area contributed by atoms with E-state index < -0.39 is 0 Å². The first kappa shape index (κ1) is 10.8. The fourth-order valence-electron chi connectivity index (χ4n) is 1.37. The molecule has 0 bridgehead atoms. The molecule has 0 aliphatic heterocycles. The van der Waals surface area contributed by atoms with Gasteiger partial charge in [-0.1, -0.05) is 23.7 Å². The zero-order valence-corrected chi connectivity index (χ0v) is 9.57. The highest BCUT2D eigenvalue weighted by Gasteiger charge is 2.06. The van der Waals surface area contributed by atoms with Crippen LogP contribution in [0.1, 0.15) is 5.56 Å². The molecule has 0 unspecified atom stereocenters. The zero-order chi connectivity index (χ0) is 11.5. The molecule has 1 aromatic carbocycles. The molecule has 0 amide bonds. The van der Waals surface area contributed by atoms with Crippen molar-refractivity contribution in [2.24, 2.45) is 0 Å². The predicted octanol–water partition coefficient (Wildman–Crippen LogP) is 1.68. The SMILES string of the molecule is CN(Cc1ccc(Cl)cc1)c1n[nH]c(N)n1. The third-order valence-corrected chi connectivity index (χ3v) is 2.42. The zero-order valence-electron chi connectivity index (χ0n) is 8.81. The van der Waals surface area contributed by atoms with Crippen molar-refractivity contribution in [2.75, 3.05) is 17.7 Å². The minimum Gasteiger partial charge on any atom is -0.368 e. The molecular weight excluding hydrogens is 226 g/mol. The van der Waals surface area contributed by atoms with Crippen LogP contribution in [0.3, 0.4) is 0 Å². The standard InChI is InChI=1S/C10H12ClN5/c1-16(10-13-9(12)14-15-10)6-7-2-4-8(11)5-3-7/h2-5H,6H2,1H3,(H3,12,13,14,15). The fourth-order valence-corrected chi connectivity index (χ4v) is 1.50. The van der Waals surface area contributed by atoms with Gasteiger partial charge in [-0.05, 0) is 17.7 Å². The van der Waals surface area contributed by atoms with Crippen molar-refractivity contribution in [3.63, 3.8) is 0 Å². The van der Waals surface area contributed by atoms with Crippen molar-refractivity contribution < 1.29 is 0 Å². The lowest BCUT2D eigenvalue weighted by molar-refractivity contribution is 0.871. The summed E-state index contributed by atoms with van der Waals surface area (Å²) >= 11 is 5.81. The minimum atomic E-state index is 0.318. The number of anilines is 2. The van der Waals surface area contributed by atoms with Crippen LogP contribution < -0.4 is 10.6 Å². The summed E-state index contributed by atoms with van der Waals surface area (Å²) in [5.74, 6) is 0.894. The van der Waals surface area contributed by atoms with Gasteiger partial charge in [0.2, 0.25) is 11.9 Å². The second kappa shape index (κ2) is 4.40. The van der Waals surface area contributed by atoms with E-state index in [-0.39, 0.29) is 0 Å². The molecule has 1 heterocycles. The molecule has 16 heavy (non-hydrogen) atoms. The molecule has 0 atom stereocenters. The lowest BCUT2D eigenvalue weighted by Crippen LogP contribution is -2.17. The van der Waals surface area contributed by atoms with Gasteiger partial charge in [-0.25, -0.2) is 5.10 Å². The predicted molar refractivity (Wildman–Crippen MR) is 64.4 cm³/mol. The van der Waals surface area contributed by atoms with Crippen molar-refractivity contribution in [1.82, 2.24) is 15.2 Å². The summed E-state index contributed by atoms with van der Waals surface area (Å²) in [5.41, 5.74) is 6.59. The van der Waals surface area contributed by atoms with Gasteiger partial charge in [0.25, 0.3) is 0 Å². The Bertz CT molecular complexity index is 464. The summed E-state index contributed by atoms with van der Waals surface area (Å²) in [6.07, 6.45) is 0. The van der Waals surface area contributed by atoms with E-state index in [0.717, 1.165) is 10.6 Å². The second-order valence-corrected chi connectivity index (χ2v) is 3.94. The molecule has 6 heteroatoms. The summed E-state index contributed by atoms with van der Waals surface area (Å²) in [5, 5.41) is 7.30. The molecule has 1 aromatic heterocycles. The summed E-state index contributed by atoms with van der Waals surface area (Å²) in [6, 6.07) is 7.65. The van der Waals surface area contributed by atoms with Crippen LogP contribution in [0.5, 0.6) is 0 Å². The van der Waals surface area contributed by atoms with Gasteiger partial charge >= 0.3 is 0 Å². The molecule has 2 rings (SSSR count). The van der Waals surface area contributed by atoms with E-state index in [1.165, 1.54) is 0 Å². The van der Waals surface area contributed by atoms with Crippen LogP contribution in [0.2, 0.25) is 5.02 Å².